The van der Waals surface area contributed by atoms with Gasteiger partial charge in [-0.3, -0.25) is 4.79 Å². The van der Waals surface area contributed by atoms with Crippen LogP contribution in [0.25, 0.3) is 6.08 Å². The Hall–Kier alpha value is -3.25. The van der Waals surface area contributed by atoms with Crippen LogP contribution in [0.1, 0.15) is 28.5 Å². The highest BCUT2D eigenvalue weighted by atomic mass is 32.1. The molecule has 1 aromatic heterocycles. The lowest BCUT2D eigenvalue weighted by atomic mass is 10.0. The van der Waals surface area contributed by atoms with Gasteiger partial charge in [-0.05, 0) is 37.1 Å². The summed E-state index contributed by atoms with van der Waals surface area (Å²) < 4.78 is 32.3. The summed E-state index contributed by atoms with van der Waals surface area (Å²) in [6.07, 6.45) is 2.10. The molecule has 1 N–H and O–H groups in total. The number of anilines is 1. The minimum atomic E-state index is -0.780. The molecular formula is C20H17F2N3O3S. The minimum Gasteiger partial charge on any atom is -0.450 e. The van der Waals surface area contributed by atoms with Gasteiger partial charge in [-0.1, -0.05) is 6.07 Å². The molecule has 0 saturated carbocycles. The molecule has 3 rings (SSSR count). The number of nitrogens with zero attached hydrogens (tertiary/aromatic N) is 2. The zero-order valence-electron chi connectivity index (χ0n) is 15.5. The number of carbonyl (C=O) groups excluding carboxylic acids is 2. The van der Waals surface area contributed by atoms with Gasteiger partial charge in [0.25, 0.3) is 0 Å². The van der Waals surface area contributed by atoms with Crippen molar-refractivity contribution in [2.75, 3.05) is 18.5 Å². The molecule has 1 aliphatic heterocycles. The number of hydrogen-bond acceptors (Lipinski definition) is 5. The summed E-state index contributed by atoms with van der Waals surface area (Å²) in [7, 11) is 0. The molecule has 6 nitrogen and oxygen atoms in total. The molecule has 2 amide bonds. The van der Waals surface area contributed by atoms with Gasteiger partial charge in [0.05, 0.1) is 18.7 Å². The lowest BCUT2D eigenvalue weighted by Gasteiger charge is -2.25. The van der Waals surface area contributed by atoms with Gasteiger partial charge in [0, 0.05) is 23.1 Å². The Morgan fingerprint density at radius 2 is 2.10 bits per heavy atom. The molecule has 2 aromatic rings. The van der Waals surface area contributed by atoms with Crippen LogP contribution in [0.5, 0.6) is 0 Å². The number of thiophene rings is 1. The first-order valence-corrected chi connectivity index (χ1v) is 9.65. The first-order chi connectivity index (χ1) is 13.9. The van der Waals surface area contributed by atoms with E-state index < -0.39 is 23.6 Å². The summed E-state index contributed by atoms with van der Waals surface area (Å²) in [6.45, 7) is 2.70. The molecule has 0 atom stereocenters. The van der Waals surface area contributed by atoms with Crippen LogP contribution < -0.4 is 5.32 Å². The maximum atomic E-state index is 13.7. The zero-order chi connectivity index (χ0) is 21.0. The fraction of sp³-hybridized carbons (Fsp3) is 0.250. The van der Waals surface area contributed by atoms with Crippen LogP contribution in [0, 0.1) is 23.0 Å². The molecule has 0 unspecified atom stereocenters. The SMILES string of the molecule is CCOC(=O)N1CCc2c(sc(NC(=O)/C=C/c3c(F)cccc3F)c2C#N)C1. The van der Waals surface area contributed by atoms with Gasteiger partial charge in [-0.15, -0.1) is 11.3 Å². The predicted octanol–water partition coefficient (Wildman–Crippen LogP) is 4.06. The standard InChI is InChI=1S/C20H17F2N3O3S/c1-2-28-20(27)25-9-8-12-14(10-23)19(29-17(12)11-25)24-18(26)7-6-13-15(21)4-3-5-16(13)22/h3-7H,2,8-9,11H2,1H3,(H,24,26)/b7-6+. The van der Waals surface area contributed by atoms with Crippen LogP contribution in [0.3, 0.4) is 0 Å². The summed E-state index contributed by atoms with van der Waals surface area (Å²) in [4.78, 5) is 26.5. The Morgan fingerprint density at radius 3 is 2.76 bits per heavy atom. The number of ether oxygens (including phenoxy) is 1. The van der Waals surface area contributed by atoms with Gasteiger partial charge in [0.1, 0.15) is 22.7 Å². The number of benzene rings is 1. The summed E-state index contributed by atoms with van der Waals surface area (Å²) in [6, 6.07) is 5.51. The average Bonchev–Trinajstić information content (AvgIpc) is 3.03. The molecule has 150 valence electrons. The maximum Gasteiger partial charge on any atom is 0.410 e. The molecule has 0 aliphatic carbocycles. The summed E-state index contributed by atoms with van der Waals surface area (Å²) in [5.41, 5.74) is 0.809. The second kappa shape index (κ2) is 8.84. The highest BCUT2D eigenvalue weighted by molar-refractivity contribution is 7.16. The fourth-order valence-electron chi connectivity index (χ4n) is 2.96. The second-order valence-electron chi connectivity index (χ2n) is 6.15. The largest absolute Gasteiger partial charge is 0.450 e. The number of hydrogen-bond donors (Lipinski definition) is 1. The zero-order valence-corrected chi connectivity index (χ0v) is 16.3. The number of halogens is 2. The molecule has 0 bridgehead atoms. The Kier molecular flexibility index (Phi) is 6.24. The van der Waals surface area contributed by atoms with E-state index in [1.807, 2.05) is 0 Å². The van der Waals surface area contributed by atoms with E-state index in [4.69, 9.17) is 4.74 Å². The molecule has 9 heteroatoms. The van der Waals surface area contributed by atoms with Crippen molar-refractivity contribution in [3.05, 3.63) is 57.5 Å². The fourth-order valence-corrected chi connectivity index (χ4v) is 4.18. The van der Waals surface area contributed by atoms with Crippen LogP contribution in [0.4, 0.5) is 18.6 Å². The van der Waals surface area contributed by atoms with E-state index >= 15 is 0 Å². The smallest absolute Gasteiger partial charge is 0.410 e. The van der Waals surface area contributed by atoms with E-state index in [9.17, 15) is 23.6 Å². The number of amides is 2. The van der Waals surface area contributed by atoms with Gasteiger partial charge >= 0.3 is 6.09 Å². The van der Waals surface area contributed by atoms with Crippen molar-refractivity contribution >= 4 is 34.4 Å². The van der Waals surface area contributed by atoms with Crippen LogP contribution in [0.15, 0.2) is 24.3 Å². The van der Waals surface area contributed by atoms with Crippen LogP contribution in [-0.2, 0) is 22.5 Å². The Labute approximate surface area is 170 Å². The topological polar surface area (TPSA) is 82.4 Å². The van der Waals surface area contributed by atoms with E-state index in [1.165, 1.54) is 22.3 Å². The Balaban J connectivity index is 1.77. The van der Waals surface area contributed by atoms with E-state index in [1.54, 1.807) is 6.92 Å². The van der Waals surface area contributed by atoms with Crippen molar-refractivity contribution in [1.82, 2.24) is 4.90 Å². The Morgan fingerprint density at radius 1 is 1.38 bits per heavy atom. The van der Waals surface area contributed by atoms with Crippen LogP contribution in [-0.4, -0.2) is 30.1 Å². The van der Waals surface area contributed by atoms with Crippen LogP contribution >= 0.6 is 11.3 Å². The molecular weight excluding hydrogens is 400 g/mol. The first-order valence-electron chi connectivity index (χ1n) is 8.84. The molecule has 29 heavy (non-hydrogen) atoms. The molecule has 0 radical (unpaired) electrons. The van der Waals surface area contributed by atoms with E-state index in [-0.39, 0.29) is 12.2 Å². The number of rotatable bonds is 4. The van der Waals surface area contributed by atoms with E-state index in [0.717, 1.165) is 34.7 Å². The van der Waals surface area contributed by atoms with Gasteiger partial charge < -0.3 is 15.0 Å². The van der Waals surface area contributed by atoms with Crippen LogP contribution in [0.2, 0.25) is 0 Å². The van der Waals surface area contributed by atoms with Gasteiger partial charge in [-0.25, -0.2) is 13.6 Å². The predicted molar refractivity (Wildman–Crippen MR) is 104 cm³/mol. The van der Waals surface area contributed by atoms with Gasteiger partial charge in [0.2, 0.25) is 5.91 Å². The number of carbonyl (C=O) groups is 2. The lowest BCUT2D eigenvalue weighted by Crippen LogP contribution is -2.35. The summed E-state index contributed by atoms with van der Waals surface area (Å²) >= 11 is 1.20. The highest BCUT2D eigenvalue weighted by Gasteiger charge is 2.28. The summed E-state index contributed by atoms with van der Waals surface area (Å²) in [5, 5.41) is 12.4. The minimum absolute atomic E-state index is 0.270. The number of fused-ring (bicyclic) bond motifs is 1. The number of nitriles is 1. The van der Waals surface area contributed by atoms with Crippen molar-refractivity contribution in [3.8, 4) is 6.07 Å². The van der Waals surface area contributed by atoms with Gasteiger partial charge in [-0.2, -0.15) is 5.26 Å². The van der Waals surface area contributed by atoms with Crippen molar-refractivity contribution in [2.45, 2.75) is 19.9 Å². The molecule has 0 fully saturated rings. The molecule has 0 spiro atoms. The summed E-state index contributed by atoms with van der Waals surface area (Å²) in [5.74, 6) is -2.18. The maximum absolute atomic E-state index is 13.7. The highest BCUT2D eigenvalue weighted by Crippen LogP contribution is 2.36. The normalized spacial score (nSPS) is 13.1. The Bertz CT molecular complexity index is 1010. The number of nitrogens with one attached hydrogen (secondary N) is 1. The molecule has 2 heterocycles. The first kappa shape index (κ1) is 20.5. The monoisotopic (exact) mass is 417 g/mol. The quantitative estimate of drug-likeness (QED) is 0.761. The van der Waals surface area contributed by atoms with Crippen molar-refractivity contribution in [2.24, 2.45) is 0 Å². The van der Waals surface area contributed by atoms with Gasteiger partial charge in [0.15, 0.2) is 0 Å². The van der Waals surface area contributed by atoms with E-state index in [0.29, 0.717) is 30.1 Å². The molecule has 1 aromatic carbocycles. The third-order valence-corrected chi connectivity index (χ3v) is 5.46. The average molecular weight is 417 g/mol. The third kappa shape index (κ3) is 4.43. The molecule has 0 saturated heterocycles. The second-order valence-corrected chi connectivity index (χ2v) is 7.25. The third-order valence-electron chi connectivity index (χ3n) is 4.33. The lowest BCUT2D eigenvalue weighted by molar-refractivity contribution is -0.111. The van der Waals surface area contributed by atoms with Crippen molar-refractivity contribution in [1.29, 1.82) is 5.26 Å². The van der Waals surface area contributed by atoms with Crippen molar-refractivity contribution in [3.63, 3.8) is 0 Å². The molecule has 1 aliphatic rings. The van der Waals surface area contributed by atoms with Crippen molar-refractivity contribution < 1.29 is 23.1 Å². The van der Waals surface area contributed by atoms with E-state index in [2.05, 4.69) is 11.4 Å².